The minimum atomic E-state index is -0.113. The Kier molecular flexibility index (Phi) is 4.33. The summed E-state index contributed by atoms with van der Waals surface area (Å²) in [4.78, 5) is 28.0. The van der Waals surface area contributed by atoms with Crippen molar-refractivity contribution in [1.82, 2.24) is 4.90 Å². The highest BCUT2D eigenvalue weighted by Crippen LogP contribution is 2.65. The number of nitrogens with zero attached hydrogens (tertiary/aromatic N) is 1. The molecule has 0 N–H and O–H groups in total. The van der Waals surface area contributed by atoms with Crippen LogP contribution in [0.2, 0.25) is 0 Å². The zero-order chi connectivity index (χ0) is 18.8. The molecule has 5 rings (SSSR count). The molecule has 0 bridgehead atoms. The van der Waals surface area contributed by atoms with Gasteiger partial charge in [-0.05, 0) is 67.6 Å². The van der Waals surface area contributed by atoms with Crippen LogP contribution >= 0.6 is 0 Å². The van der Waals surface area contributed by atoms with Crippen LogP contribution in [0.25, 0.3) is 0 Å². The maximum absolute atomic E-state index is 13.5. The van der Waals surface area contributed by atoms with Gasteiger partial charge in [0, 0.05) is 31.3 Å². The molecule has 0 spiro atoms. The first-order chi connectivity index (χ1) is 12.9. The van der Waals surface area contributed by atoms with Crippen molar-refractivity contribution in [3.05, 3.63) is 0 Å². The predicted octanol–water partition coefficient (Wildman–Crippen LogP) is 3.48. The summed E-state index contributed by atoms with van der Waals surface area (Å²) >= 11 is 0. The van der Waals surface area contributed by atoms with Crippen molar-refractivity contribution in [3.63, 3.8) is 0 Å². The Hall–Kier alpha value is -0.740. The number of hydrogen-bond acceptors (Lipinski definition) is 4. The molecule has 0 aromatic carbocycles. The van der Waals surface area contributed by atoms with Crippen LogP contribution in [-0.4, -0.2) is 48.8 Å². The van der Waals surface area contributed by atoms with Crippen molar-refractivity contribution >= 4 is 11.6 Å². The van der Waals surface area contributed by atoms with Gasteiger partial charge in [0.1, 0.15) is 5.78 Å². The lowest BCUT2D eigenvalue weighted by Crippen LogP contribution is -2.53. The average Bonchev–Trinajstić information content (AvgIpc) is 2.94. The van der Waals surface area contributed by atoms with Crippen molar-refractivity contribution in [3.8, 4) is 0 Å². The first kappa shape index (κ1) is 18.3. The van der Waals surface area contributed by atoms with E-state index in [0.717, 1.165) is 64.3 Å². The summed E-state index contributed by atoms with van der Waals surface area (Å²) in [6.45, 7) is 8.13. The second kappa shape index (κ2) is 6.38. The van der Waals surface area contributed by atoms with Gasteiger partial charge in [-0.2, -0.15) is 0 Å². The van der Waals surface area contributed by atoms with E-state index in [0.29, 0.717) is 34.7 Å². The molecule has 5 aliphatic rings. The second-order valence-electron chi connectivity index (χ2n) is 10.6. The predicted molar refractivity (Wildman–Crippen MR) is 103 cm³/mol. The molecule has 0 amide bonds. The van der Waals surface area contributed by atoms with E-state index in [9.17, 15) is 9.59 Å². The lowest BCUT2D eigenvalue weighted by atomic mass is 9.45. The number of ether oxygens (including phenoxy) is 1. The number of Topliss-reactive ketones (excluding diaryl/α,β-unsaturated/α-hetero) is 2. The molecule has 0 unspecified atom stereocenters. The lowest BCUT2D eigenvalue weighted by Gasteiger charge is -2.59. The summed E-state index contributed by atoms with van der Waals surface area (Å²) in [6.07, 6.45) is 8.45. The van der Waals surface area contributed by atoms with Gasteiger partial charge < -0.3 is 4.74 Å². The van der Waals surface area contributed by atoms with Gasteiger partial charge in [0.2, 0.25) is 0 Å². The first-order valence-electron chi connectivity index (χ1n) is 11.3. The van der Waals surface area contributed by atoms with E-state index in [1.807, 2.05) is 0 Å². The Morgan fingerprint density at radius 1 is 1.00 bits per heavy atom. The van der Waals surface area contributed by atoms with E-state index in [1.54, 1.807) is 0 Å². The topological polar surface area (TPSA) is 46.6 Å². The molecule has 4 aliphatic carbocycles. The van der Waals surface area contributed by atoms with Crippen LogP contribution in [0.3, 0.4) is 0 Å². The fraction of sp³-hybridized carbons (Fsp3) is 0.913. The molecule has 0 aromatic rings. The number of hydrogen-bond donors (Lipinski definition) is 0. The van der Waals surface area contributed by atoms with Gasteiger partial charge in [-0.3, -0.25) is 14.5 Å². The summed E-state index contributed by atoms with van der Waals surface area (Å²) in [5.41, 5.74) is 0.218. The van der Waals surface area contributed by atoms with Gasteiger partial charge >= 0.3 is 0 Å². The van der Waals surface area contributed by atoms with Crippen molar-refractivity contribution in [2.45, 2.75) is 71.3 Å². The Morgan fingerprint density at radius 3 is 2.56 bits per heavy atom. The molecule has 1 heterocycles. The van der Waals surface area contributed by atoms with Gasteiger partial charge in [0.15, 0.2) is 5.78 Å². The zero-order valence-electron chi connectivity index (χ0n) is 17.0. The van der Waals surface area contributed by atoms with Crippen molar-refractivity contribution in [2.24, 2.45) is 34.5 Å². The molecule has 4 saturated carbocycles. The highest BCUT2D eigenvalue weighted by Gasteiger charge is 2.62. The summed E-state index contributed by atoms with van der Waals surface area (Å²) in [5, 5.41) is 0. The van der Waals surface area contributed by atoms with Gasteiger partial charge in [0.25, 0.3) is 0 Å². The fourth-order valence-electron chi connectivity index (χ4n) is 8.04. The molecule has 4 nitrogen and oxygen atoms in total. The molecule has 27 heavy (non-hydrogen) atoms. The van der Waals surface area contributed by atoms with E-state index in [-0.39, 0.29) is 11.5 Å². The normalized spacial score (nSPS) is 50.8. The summed E-state index contributed by atoms with van der Waals surface area (Å²) in [7, 11) is 0. The van der Waals surface area contributed by atoms with E-state index in [1.165, 1.54) is 19.3 Å². The fourth-order valence-corrected chi connectivity index (χ4v) is 8.04. The van der Waals surface area contributed by atoms with Crippen molar-refractivity contribution in [2.75, 3.05) is 26.3 Å². The molecule has 7 atom stereocenters. The number of rotatable bonds is 1. The zero-order valence-corrected chi connectivity index (χ0v) is 17.0. The molecular weight excluding hydrogens is 338 g/mol. The molecule has 1 aliphatic heterocycles. The van der Waals surface area contributed by atoms with Crippen LogP contribution in [0.1, 0.15) is 65.2 Å². The van der Waals surface area contributed by atoms with Gasteiger partial charge in [0.05, 0.1) is 19.3 Å². The van der Waals surface area contributed by atoms with Gasteiger partial charge in [-0.25, -0.2) is 0 Å². The third-order valence-electron chi connectivity index (χ3n) is 9.70. The van der Waals surface area contributed by atoms with Crippen molar-refractivity contribution in [1.29, 1.82) is 0 Å². The third-order valence-corrected chi connectivity index (χ3v) is 9.70. The molecule has 5 fully saturated rings. The number of morpholine rings is 1. The number of carbonyl (C=O) groups excluding carboxylic acids is 2. The summed E-state index contributed by atoms with van der Waals surface area (Å²) in [5.74, 6) is 3.56. The molecule has 4 heteroatoms. The van der Waals surface area contributed by atoms with Gasteiger partial charge in [-0.1, -0.05) is 13.8 Å². The Labute approximate surface area is 163 Å². The Bertz CT molecular complexity index is 642. The number of carbonyl (C=O) groups is 2. The highest BCUT2D eigenvalue weighted by atomic mass is 16.5. The van der Waals surface area contributed by atoms with E-state index < -0.39 is 0 Å². The number of fused-ring (bicyclic) bond motifs is 5. The van der Waals surface area contributed by atoms with Gasteiger partial charge in [-0.15, -0.1) is 0 Å². The highest BCUT2D eigenvalue weighted by molar-refractivity contribution is 5.92. The largest absolute Gasteiger partial charge is 0.379 e. The van der Waals surface area contributed by atoms with Crippen LogP contribution in [-0.2, 0) is 14.3 Å². The van der Waals surface area contributed by atoms with Crippen LogP contribution < -0.4 is 0 Å². The average molecular weight is 374 g/mol. The Morgan fingerprint density at radius 2 is 1.78 bits per heavy atom. The van der Waals surface area contributed by atoms with Crippen LogP contribution in [0.15, 0.2) is 0 Å². The van der Waals surface area contributed by atoms with Crippen molar-refractivity contribution < 1.29 is 14.3 Å². The maximum Gasteiger partial charge on any atom is 0.156 e. The van der Waals surface area contributed by atoms with E-state index >= 15 is 0 Å². The monoisotopic (exact) mass is 373 g/mol. The van der Waals surface area contributed by atoms with E-state index in [4.69, 9.17) is 4.74 Å². The molecular formula is C23H35NO3. The van der Waals surface area contributed by atoms with E-state index in [2.05, 4.69) is 18.7 Å². The standard InChI is InChI=1S/C23H35NO3/c1-22-7-5-16(25)13-15(22)3-4-17-18(22)6-8-23(2)19(17)14-20(21(23)26)24-9-11-27-12-10-24/h15,17-20H,3-14H2,1-2H3/t15-,17+,18-,19-,20-,22-,23-/m0/s1. The van der Waals surface area contributed by atoms with Crippen LogP contribution in [0.4, 0.5) is 0 Å². The number of ketones is 2. The summed E-state index contributed by atoms with van der Waals surface area (Å²) in [6, 6.07) is 0.126. The maximum atomic E-state index is 13.5. The quantitative estimate of drug-likeness (QED) is 0.706. The van der Waals surface area contributed by atoms with Crippen LogP contribution in [0, 0.1) is 34.5 Å². The summed E-state index contributed by atoms with van der Waals surface area (Å²) < 4.78 is 5.52. The third kappa shape index (κ3) is 2.62. The molecule has 150 valence electrons. The minimum Gasteiger partial charge on any atom is -0.379 e. The molecule has 0 aromatic heterocycles. The molecule has 0 radical (unpaired) electrons. The SMILES string of the molecule is C[C@]12CCC(=O)C[C@@H]1CC[C@@H]1[C@@H]2CC[C@]2(C)C(=O)[C@@H](N3CCOCC3)C[C@@H]12. The Balaban J connectivity index is 1.41. The first-order valence-corrected chi connectivity index (χ1v) is 11.3. The smallest absolute Gasteiger partial charge is 0.156 e. The second-order valence-corrected chi connectivity index (χ2v) is 10.6. The van der Waals surface area contributed by atoms with Crippen LogP contribution in [0.5, 0.6) is 0 Å². The molecule has 1 saturated heterocycles. The minimum absolute atomic E-state index is 0.113. The lowest BCUT2D eigenvalue weighted by molar-refractivity contribution is -0.145.